The van der Waals surface area contributed by atoms with E-state index in [4.69, 9.17) is 20.4 Å². The fourth-order valence-corrected chi connectivity index (χ4v) is 1.15. The third-order valence-electron chi connectivity index (χ3n) is 1.75. The molecule has 0 aromatic carbocycles. The summed E-state index contributed by atoms with van der Waals surface area (Å²) in [5.41, 5.74) is 1.57. The van der Waals surface area contributed by atoms with Crippen LogP contribution in [0.5, 0.6) is 0 Å². The van der Waals surface area contributed by atoms with Gasteiger partial charge in [0, 0.05) is 18.0 Å². The molecule has 1 N–H and O–H groups in total. The van der Waals surface area contributed by atoms with Crippen LogP contribution in [-0.4, -0.2) is 9.97 Å². The van der Waals surface area contributed by atoms with Gasteiger partial charge < -0.3 is 4.98 Å². The molecule has 0 unspecified atom stereocenters. The van der Waals surface area contributed by atoms with Crippen LogP contribution in [0.15, 0.2) is 29.2 Å². The van der Waals surface area contributed by atoms with Gasteiger partial charge in [0.1, 0.15) is 5.65 Å². The number of fused-ring (bicyclic) bond motifs is 1. The van der Waals surface area contributed by atoms with E-state index in [9.17, 15) is 4.79 Å². The molecule has 84 valence electrons. The van der Waals surface area contributed by atoms with Crippen molar-refractivity contribution in [3.05, 3.63) is 40.3 Å². The first-order chi connectivity index (χ1) is 7.19. The van der Waals surface area contributed by atoms with Gasteiger partial charge in [-0.25, -0.2) is 4.98 Å². The zero-order valence-corrected chi connectivity index (χ0v) is 10.2. The molecule has 2 aromatic heterocycles. The average molecular weight is 290 g/mol. The van der Waals surface area contributed by atoms with Gasteiger partial charge in [-0.2, -0.15) is 0 Å². The van der Waals surface area contributed by atoms with Crippen molar-refractivity contribution in [2.24, 2.45) is 0 Å². The van der Waals surface area contributed by atoms with Crippen LogP contribution in [-0.2, 0) is 12.7 Å². The van der Waals surface area contributed by atoms with Crippen LogP contribution in [0, 0.1) is 6.92 Å². The predicted molar refractivity (Wildman–Crippen MR) is 58.8 cm³/mol. The van der Waals surface area contributed by atoms with Gasteiger partial charge in [0.05, 0.1) is 5.39 Å². The van der Waals surface area contributed by atoms with E-state index in [0.717, 1.165) is 5.69 Å². The zero-order valence-electron chi connectivity index (χ0n) is 7.74. The van der Waals surface area contributed by atoms with Crippen molar-refractivity contribution in [3.63, 3.8) is 0 Å². The Kier molecular flexibility index (Phi) is 5.09. The Bertz CT molecular complexity index is 501. The molecule has 2 heterocycles. The van der Waals surface area contributed by atoms with E-state index in [1.54, 1.807) is 12.3 Å². The van der Waals surface area contributed by atoms with Gasteiger partial charge in [0.15, 0.2) is 5.43 Å². The van der Waals surface area contributed by atoms with Crippen LogP contribution < -0.4 is 5.43 Å². The number of nitrogens with zero attached hydrogens (tertiary/aromatic N) is 1. The van der Waals surface area contributed by atoms with Crippen molar-refractivity contribution in [2.45, 2.75) is 6.92 Å². The predicted octanol–water partition coefficient (Wildman–Crippen LogP) is 2.61. The summed E-state index contributed by atoms with van der Waals surface area (Å²) in [4.78, 5) is 18.3. The molecule has 0 atom stereocenters. The SMILES string of the molecule is Cc1ccc2c(=O)cc[nH]c2n1.[Cl][Ni][Cl]. The van der Waals surface area contributed by atoms with Gasteiger partial charge in [0.2, 0.25) is 0 Å². The van der Waals surface area contributed by atoms with E-state index in [2.05, 4.69) is 9.97 Å². The Balaban J connectivity index is 0.000000337. The maximum absolute atomic E-state index is 11.2. The number of halogens is 2. The molecule has 0 aliphatic carbocycles. The molecule has 2 rings (SSSR count). The molecular weight excluding hydrogens is 282 g/mol. The first kappa shape index (κ1) is 12.5. The Labute approximate surface area is 101 Å². The van der Waals surface area contributed by atoms with Crippen LogP contribution in [0.25, 0.3) is 11.0 Å². The van der Waals surface area contributed by atoms with Gasteiger partial charge >= 0.3 is 33.0 Å². The van der Waals surface area contributed by atoms with Crippen molar-refractivity contribution in [3.8, 4) is 0 Å². The van der Waals surface area contributed by atoms with Crippen molar-refractivity contribution < 1.29 is 12.7 Å². The molecule has 0 saturated heterocycles. The fraction of sp³-hybridized carbons (Fsp3) is 0.111. The molecule has 15 heavy (non-hydrogen) atoms. The minimum absolute atomic E-state index is 0.0104. The van der Waals surface area contributed by atoms with Crippen LogP contribution in [0.4, 0.5) is 0 Å². The second-order valence-corrected chi connectivity index (χ2v) is 4.37. The number of rotatable bonds is 0. The molecule has 0 bridgehead atoms. The van der Waals surface area contributed by atoms with E-state index >= 15 is 0 Å². The standard InChI is InChI=1S/C9H8N2O.2ClH.Ni/c1-6-2-3-7-8(12)4-5-10-9(7)11-6;;;/h2-5H,1H3,(H,10,11,12);2*1H;/q;;;+2/p-2. The minimum atomic E-state index is 0.0104. The third kappa shape index (κ3) is 3.49. The summed E-state index contributed by atoms with van der Waals surface area (Å²) in [7, 11) is 9.40. The van der Waals surface area contributed by atoms with E-state index < -0.39 is 0 Å². The van der Waals surface area contributed by atoms with Gasteiger partial charge in [-0.15, -0.1) is 0 Å². The first-order valence-electron chi connectivity index (χ1n) is 3.96. The number of aromatic amines is 1. The molecule has 0 amide bonds. The number of pyridine rings is 2. The zero-order chi connectivity index (χ0) is 11.3. The summed E-state index contributed by atoms with van der Waals surface area (Å²) >= 11 is 0.569. The number of hydrogen-bond acceptors (Lipinski definition) is 2. The van der Waals surface area contributed by atoms with E-state index in [-0.39, 0.29) is 5.43 Å². The molecule has 2 aromatic rings. The van der Waals surface area contributed by atoms with Crippen molar-refractivity contribution >= 4 is 31.4 Å². The van der Waals surface area contributed by atoms with Crippen molar-refractivity contribution in [1.82, 2.24) is 9.97 Å². The Morgan fingerprint density at radius 2 is 2.00 bits per heavy atom. The van der Waals surface area contributed by atoms with Gasteiger partial charge in [-0.1, -0.05) is 0 Å². The number of H-pyrrole nitrogens is 1. The number of hydrogen-bond donors (Lipinski definition) is 1. The van der Waals surface area contributed by atoms with Crippen LogP contribution in [0.3, 0.4) is 0 Å². The number of aromatic nitrogens is 2. The summed E-state index contributed by atoms with van der Waals surface area (Å²) in [6.45, 7) is 1.89. The summed E-state index contributed by atoms with van der Waals surface area (Å²) < 4.78 is 0. The molecule has 0 aliphatic heterocycles. The Morgan fingerprint density at radius 3 is 2.67 bits per heavy atom. The van der Waals surface area contributed by atoms with Crippen molar-refractivity contribution in [1.29, 1.82) is 0 Å². The summed E-state index contributed by atoms with van der Waals surface area (Å²) in [6.07, 6.45) is 1.61. The molecule has 0 fully saturated rings. The molecule has 6 heteroatoms. The van der Waals surface area contributed by atoms with Crippen LogP contribution >= 0.6 is 20.4 Å². The monoisotopic (exact) mass is 288 g/mol. The van der Waals surface area contributed by atoms with E-state index in [1.165, 1.54) is 6.07 Å². The normalized spacial score (nSPS) is 9.80. The summed E-state index contributed by atoms with van der Waals surface area (Å²) in [5, 5.41) is 0.642. The van der Waals surface area contributed by atoms with Gasteiger partial charge in [0.25, 0.3) is 0 Å². The number of nitrogens with one attached hydrogen (secondary N) is 1. The molecule has 0 saturated carbocycles. The van der Waals surface area contributed by atoms with Gasteiger partial charge in [-0.05, 0) is 19.1 Å². The molecule has 3 nitrogen and oxygen atoms in total. The first-order valence-corrected chi connectivity index (χ1v) is 6.68. The van der Waals surface area contributed by atoms with Crippen LogP contribution in [0.2, 0.25) is 0 Å². The van der Waals surface area contributed by atoms with E-state index in [0.29, 0.717) is 23.7 Å². The molecule has 0 aliphatic rings. The third-order valence-corrected chi connectivity index (χ3v) is 1.75. The molecule has 0 spiro atoms. The quantitative estimate of drug-likeness (QED) is 0.758. The topological polar surface area (TPSA) is 45.8 Å². The summed E-state index contributed by atoms with van der Waals surface area (Å²) in [6, 6.07) is 5.12. The number of aryl methyl sites for hydroxylation is 1. The molecular formula is C9H8Cl2N2NiO. The average Bonchev–Trinajstić information content (AvgIpc) is 2.19. The van der Waals surface area contributed by atoms with E-state index in [1.807, 2.05) is 13.0 Å². The Hall–Kier alpha value is -0.566. The second-order valence-electron chi connectivity index (χ2n) is 2.74. The van der Waals surface area contributed by atoms with Gasteiger partial charge in [-0.3, -0.25) is 4.79 Å². The summed E-state index contributed by atoms with van der Waals surface area (Å²) in [5.74, 6) is 0. The van der Waals surface area contributed by atoms with Crippen molar-refractivity contribution in [2.75, 3.05) is 0 Å². The molecule has 0 radical (unpaired) electrons. The Morgan fingerprint density at radius 1 is 1.33 bits per heavy atom. The second kappa shape index (κ2) is 6.11. The van der Waals surface area contributed by atoms with Crippen LogP contribution in [0.1, 0.15) is 5.69 Å². The fourth-order valence-electron chi connectivity index (χ4n) is 1.15. The maximum atomic E-state index is 11.2.